The molecule has 1 N–H and O–H groups in total. The number of nitrogens with zero attached hydrogens (tertiary/aromatic N) is 1. The lowest BCUT2D eigenvalue weighted by Gasteiger charge is -1.96. The largest absolute Gasteiger partial charge is 0.315 e. The Hall–Kier alpha value is -0.680. The molecule has 0 amide bonds. The fourth-order valence-electron chi connectivity index (χ4n) is 0.655. The lowest BCUT2D eigenvalue weighted by atomic mass is 10.6. The molecule has 0 unspecified atom stereocenters. The van der Waals surface area contributed by atoms with Crippen molar-refractivity contribution in [2.45, 2.75) is 0 Å². The molecule has 0 saturated carbocycles. The minimum atomic E-state index is -3.14. The highest BCUT2D eigenvalue weighted by Crippen LogP contribution is 2.09. The maximum Gasteiger partial charge on any atom is 0.215 e. The monoisotopic (exact) mass is 160 g/mol. The second kappa shape index (κ2) is 2.51. The average molecular weight is 160 g/mol. The van der Waals surface area contributed by atoms with E-state index in [9.17, 15) is 8.42 Å². The Bertz CT molecular complexity index is 276. The molecule has 0 bridgehead atoms. The summed E-state index contributed by atoms with van der Waals surface area (Å²) < 4.78 is 21.8. The van der Waals surface area contributed by atoms with Gasteiger partial charge in [-0.05, 0) is 7.05 Å². The van der Waals surface area contributed by atoms with Crippen LogP contribution < -0.4 is 5.32 Å². The van der Waals surface area contributed by atoms with Gasteiger partial charge in [-0.15, -0.1) is 0 Å². The van der Waals surface area contributed by atoms with E-state index < -0.39 is 9.84 Å². The molecule has 1 aliphatic rings. The van der Waals surface area contributed by atoms with Gasteiger partial charge in [0.1, 0.15) is 5.55 Å². The Balaban J connectivity index is 2.84. The van der Waals surface area contributed by atoms with Gasteiger partial charge in [-0.1, -0.05) is 0 Å². The molecule has 1 heterocycles. The maximum absolute atomic E-state index is 10.9. The molecule has 1 rings (SSSR count). The van der Waals surface area contributed by atoms with Crippen LogP contribution in [-0.2, 0) is 9.84 Å². The third kappa shape index (κ3) is 1.25. The summed E-state index contributed by atoms with van der Waals surface area (Å²) in [4.78, 5) is 3.85. The van der Waals surface area contributed by atoms with Crippen LogP contribution in [0.5, 0.6) is 0 Å². The van der Waals surface area contributed by atoms with Crippen molar-refractivity contribution in [2.75, 3.05) is 13.6 Å². The fourth-order valence-corrected chi connectivity index (χ4v) is 1.57. The first-order valence-electron chi connectivity index (χ1n) is 2.79. The molecule has 0 radical (unpaired) electrons. The predicted molar refractivity (Wildman–Crippen MR) is 39.4 cm³/mol. The van der Waals surface area contributed by atoms with E-state index in [0.29, 0.717) is 11.4 Å². The molecular formula is C5H8N2O2S. The molecule has 0 aromatic rings. The topological polar surface area (TPSA) is 58.5 Å². The number of rotatable bonds is 2. The third-order valence-electron chi connectivity index (χ3n) is 1.13. The summed E-state index contributed by atoms with van der Waals surface area (Å²) in [5, 5.41) is 2.74. The zero-order valence-corrected chi connectivity index (χ0v) is 6.35. The molecule has 0 saturated heterocycles. The zero-order valence-electron chi connectivity index (χ0n) is 5.53. The van der Waals surface area contributed by atoms with Crippen molar-refractivity contribution in [3.8, 4) is 0 Å². The third-order valence-corrected chi connectivity index (χ3v) is 2.51. The summed E-state index contributed by atoms with van der Waals surface area (Å²) in [6.07, 6.45) is 1.35. The SMILES string of the molecule is CNCC1=CN=CS1(=O)=O. The highest BCUT2D eigenvalue weighted by Gasteiger charge is 2.17. The van der Waals surface area contributed by atoms with Crippen LogP contribution in [0.3, 0.4) is 0 Å². The van der Waals surface area contributed by atoms with Crippen LogP contribution in [-0.4, -0.2) is 27.6 Å². The zero-order chi connectivity index (χ0) is 7.61. The minimum absolute atomic E-state index is 0.329. The van der Waals surface area contributed by atoms with Crippen LogP contribution in [0, 0.1) is 0 Å². The molecule has 0 aromatic heterocycles. The van der Waals surface area contributed by atoms with E-state index in [1.807, 2.05) is 0 Å². The minimum Gasteiger partial charge on any atom is -0.315 e. The van der Waals surface area contributed by atoms with Gasteiger partial charge in [0.05, 0.1) is 4.91 Å². The number of sulfone groups is 1. The molecule has 0 atom stereocenters. The Kier molecular flexibility index (Phi) is 1.87. The quantitative estimate of drug-likeness (QED) is 0.592. The van der Waals surface area contributed by atoms with Crippen molar-refractivity contribution in [2.24, 2.45) is 4.99 Å². The van der Waals surface area contributed by atoms with E-state index in [0.717, 1.165) is 5.55 Å². The first kappa shape index (κ1) is 7.43. The molecule has 5 heteroatoms. The lowest BCUT2D eigenvalue weighted by Crippen LogP contribution is -2.15. The van der Waals surface area contributed by atoms with Crippen LogP contribution in [0.15, 0.2) is 16.1 Å². The molecular weight excluding hydrogens is 152 g/mol. The first-order chi connectivity index (χ1) is 4.67. The molecule has 0 spiro atoms. The van der Waals surface area contributed by atoms with Gasteiger partial charge in [0, 0.05) is 12.7 Å². The van der Waals surface area contributed by atoms with Gasteiger partial charge in [0.25, 0.3) is 0 Å². The molecule has 56 valence electrons. The standard InChI is InChI=1S/C5H8N2O2S/c1-6-2-5-3-7-4-10(5,8)9/h3-4,6H,2H2,1H3. The van der Waals surface area contributed by atoms with E-state index in [2.05, 4.69) is 10.3 Å². The van der Waals surface area contributed by atoms with Crippen LogP contribution in [0.1, 0.15) is 0 Å². The lowest BCUT2D eigenvalue weighted by molar-refractivity contribution is 0.612. The summed E-state index contributed by atoms with van der Waals surface area (Å²) in [5.74, 6) is 0. The maximum atomic E-state index is 10.9. The number of likely N-dealkylation sites (N-methyl/N-ethyl adjacent to an activating group) is 1. The molecule has 4 nitrogen and oxygen atoms in total. The van der Waals surface area contributed by atoms with Gasteiger partial charge >= 0.3 is 0 Å². The van der Waals surface area contributed by atoms with Crippen molar-refractivity contribution in [1.82, 2.24) is 5.32 Å². The number of hydrogen-bond donors (Lipinski definition) is 1. The Morgan fingerprint density at radius 3 is 2.80 bits per heavy atom. The molecule has 0 aromatic carbocycles. The van der Waals surface area contributed by atoms with Crippen molar-refractivity contribution in [3.05, 3.63) is 11.1 Å². The highest BCUT2D eigenvalue weighted by molar-refractivity contribution is 8.08. The molecule has 10 heavy (non-hydrogen) atoms. The Labute approximate surface area is 59.6 Å². The molecule has 0 aliphatic carbocycles. The molecule has 0 fully saturated rings. The predicted octanol–water partition coefficient (Wildman–Crippen LogP) is -0.496. The highest BCUT2D eigenvalue weighted by atomic mass is 32.2. The van der Waals surface area contributed by atoms with Gasteiger partial charge in [0.2, 0.25) is 9.84 Å². The summed E-state index contributed by atoms with van der Waals surface area (Å²) in [7, 11) is -1.45. The van der Waals surface area contributed by atoms with E-state index in [1.54, 1.807) is 7.05 Å². The van der Waals surface area contributed by atoms with Gasteiger partial charge in [-0.25, -0.2) is 8.42 Å². The fraction of sp³-hybridized carbons (Fsp3) is 0.400. The summed E-state index contributed by atoms with van der Waals surface area (Å²) in [6, 6.07) is 0. The second-order valence-corrected chi connectivity index (χ2v) is 3.75. The van der Waals surface area contributed by atoms with Gasteiger partial charge in [0.15, 0.2) is 0 Å². The normalized spacial score (nSPS) is 21.1. The summed E-state index contributed by atoms with van der Waals surface area (Å²) in [5.41, 5.74) is 0.958. The Morgan fingerprint density at radius 2 is 2.40 bits per heavy atom. The number of aliphatic imine (C=N–C) groups is 1. The van der Waals surface area contributed by atoms with Crippen LogP contribution in [0.2, 0.25) is 0 Å². The van der Waals surface area contributed by atoms with E-state index in [1.165, 1.54) is 6.20 Å². The summed E-state index contributed by atoms with van der Waals surface area (Å²) in [6.45, 7) is 0.350. The molecule has 1 aliphatic heterocycles. The number of nitrogens with one attached hydrogen (secondary N) is 1. The second-order valence-electron chi connectivity index (χ2n) is 1.93. The van der Waals surface area contributed by atoms with Crippen LogP contribution in [0.4, 0.5) is 0 Å². The van der Waals surface area contributed by atoms with Gasteiger partial charge in [-0.2, -0.15) is 0 Å². The van der Waals surface area contributed by atoms with Crippen molar-refractivity contribution in [3.63, 3.8) is 0 Å². The summed E-state index contributed by atoms with van der Waals surface area (Å²) >= 11 is 0. The van der Waals surface area contributed by atoms with E-state index >= 15 is 0 Å². The van der Waals surface area contributed by atoms with E-state index in [4.69, 9.17) is 0 Å². The van der Waals surface area contributed by atoms with Crippen molar-refractivity contribution < 1.29 is 8.42 Å². The van der Waals surface area contributed by atoms with Gasteiger partial charge < -0.3 is 5.32 Å². The van der Waals surface area contributed by atoms with Crippen molar-refractivity contribution in [1.29, 1.82) is 0 Å². The number of hydrogen-bond acceptors (Lipinski definition) is 4. The first-order valence-corrected chi connectivity index (χ1v) is 4.33. The van der Waals surface area contributed by atoms with Crippen LogP contribution >= 0.6 is 0 Å². The van der Waals surface area contributed by atoms with Gasteiger partial charge in [-0.3, -0.25) is 4.99 Å². The smallest absolute Gasteiger partial charge is 0.215 e. The van der Waals surface area contributed by atoms with Crippen molar-refractivity contribution >= 4 is 15.4 Å². The van der Waals surface area contributed by atoms with E-state index in [-0.39, 0.29) is 0 Å². The Morgan fingerprint density at radius 1 is 1.70 bits per heavy atom. The average Bonchev–Trinajstić information content (AvgIpc) is 2.13. The van der Waals surface area contributed by atoms with Crippen LogP contribution in [0.25, 0.3) is 0 Å².